The molecule has 13 heavy (non-hydrogen) atoms. The maximum Gasteiger partial charge on any atom is 0.0797 e. The summed E-state index contributed by atoms with van der Waals surface area (Å²) in [5.41, 5.74) is 1.00. The molecular weight excluding hydrogens is 202 g/mol. The predicted octanol–water partition coefficient (Wildman–Crippen LogP) is 3.88. The van der Waals surface area contributed by atoms with Crippen LogP contribution in [0.25, 0.3) is 0 Å². The Bertz CT molecular complexity index is 281. The van der Waals surface area contributed by atoms with Crippen molar-refractivity contribution in [1.82, 2.24) is 0 Å². The van der Waals surface area contributed by atoms with Crippen molar-refractivity contribution in [2.75, 3.05) is 5.32 Å². The Morgan fingerprint density at radius 3 is 2.54 bits per heavy atom. The molecule has 0 bridgehead atoms. The van der Waals surface area contributed by atoms with Gasteiger partial charge in [-0.2, -0.15) is 0 Å². The van der Waals surface area contributed by atoms with Gasteiger partial charge in [-0.25, -0.2) is 0 Å². The van der Waals surface area contributed by atoms with Gasteiger partial charge in [0.25, 0.3) is 0 Å². The minimum absolute atomic E-state index is 0.743. The van der Waals surface area contributed by atoms with Crippen LogP contribution in [-0.2, 0) is 0 Å². The van der Waals surface area contributed by atoms with Crippen LogP contribution in [0.5, 0.6) is 0 Å². The van der Waals surface area contributed by atoms with Gasteiger partial charge in [0.2, 0.25) is 0 Å². The molecule has 0 atom stereocenters. The second-order valence-electron chi connectivity index (χ2n) is 2.81. The van der Waals surface area contributed by atoms with Gasteiger partial charge < -0.3 is 5.32 Å². The summed E-state index contributed by atoms with van der Waals surface area (Å²) < 4.78 is 0. The molecule has 0 saturated heterocycles. The van der Waals surface area contributed by atoms with E-state index in [9.17, 15) is 0 Å². The molecule has 3 heteroatoms. The van der Waals surface area contributed by atoms with E-state index < -0.39 is 0 Å². The largest absolute Gasteiger partial charge is 0.350 e. The third-order valence-electron chi connectivity index (χ3n) is 1.61. The van der Waals surface area contributed by atoms with Crippen LogP contribution in [0.2, 0.25) is 5.02 Å². The molecular formula is C10H12ClNS. The van der Waals surface area contributed by atoms with Crippen molar-refractivity contribution >= 4 is 34.5 Å². The number of halogens is 1. The fraction of sp³-hybridized carbons (Fsp3) is 0.300. The normalized spacial score (nSPS) is 9.69. The topological polar surface area (TPSA) is 12.0 Å². The minimum Gasteiger partial charge on any atom is -0.350 e. The Morgan fingerprint density at radius 2 is 2.00 bits per heavy atom. The van der Waals surface area contributed by atoms with E-state index in [4.69, 9.17) is 23.8 Å². The van der Waals surface area contributed by atoms with Crippen LogP contribution in [0.15, 0.2) is 24.3 Å². The Morgan fingerprint density at radius 1 is 1.38 bits per heavy atom. The highest BCUT2D eigenvalue weighted by Gasteiger charge is 1.95. The SMILES string of the molecule is CCCC(=S)Nc1ccc(Cl)cc1. The maximum atomic E-state index is 5.75. The second-order valence-corrected chi connectivity index (χ2v) is 3.73. The summed E-state index contributed by atoms with van der Waals surface area (Å²) in [7, 11) is 0. The summed E-state index contributed by atoms with van der Waals surface area (Å²) >= 11 is 10.9. The molecule has 0 aromatic heterocycles. The van der Waals surface area contributed by atoms with Crippen molar-refractivity contribution in [3.63, 3.8) is 0 Å². The monoisotopic (exact) mass is 213 g/mol. The summed E-state index contributed by atoms with van der Waals surface area (Å²) in [5, 5.41) is 3.89. The number of hydrogen-bond donors (Lipinski definition) is 1. The summed E-state index contributed by atoms with van der Waals surface area (Å²) in [5.74, 6) is 0. The highest BCUT2D eigenvalue weighted by Crippen LogP contribution is 2.13. The molecule has 0 aliphatic carbocycles. The third kappa shape index (κ3) is 3.75. The lowest BCUT2D eigenvalue weighted by molar-refractivity contribution is 1.00. The van der Waals surface area contributed by atoms with Crippen LogP contribution in [0.4, 0.5) is 5.69 Å². The van der Waals surface area contributed by atoms with Crippen molar-refractivity contribution in [1.29, 1.82) is 0 Å². The standard InChI is InChI=1S/C10H12ClNS/c1-2-3-10(13)12-9-6-4-8(11)5-7-9/h4-7H,2-3H2,1H3,(H,12,13). The van der Waals surface area contributed by atoms with Crippen LogP contribution < -0.4 is 5.32 Å². The minimum atomic E-state index is 0.743. The van der Waals surface area contributed by atoms with Crippen molar-refractivity contribution in [3.05, 3.63) is 29.3 Å². The van der Waals surface area contributed by atoms with Gasteiger partial charge in [-0.15, -0.1) is 0 Å². The molecule has 0 heterocycles. The number of thiocarbonyl (C=S) groups is 1. The first-order chi connectivity index (χ1) is 6.22. The Kier molecular flexibility index (Phi) is 4.19. The number of anilines is 1. The van der Waals surface area contributed by atoms with Gasteiger partial charge in [0, 0.05) is 10.7 Å². The molecule has 0 aliphatic rings. The summed E-state index contributed by atoms with van der Waals surface area (Å²) in [6.07, 6.45) is 2.00. The van der Waals surface area contributed by atoms with E-state index in [1.54, 1.807) is 0 Å². The Balaban J connectivity index is 2.54. The second kappa shape index (κ2) is 5.20. The lowest BCUT2D eigenvalue weighted by Crippen LogP contribution is -2.07. The Labute approximate surface area is 89.1 Å². The van der Waals surface area contributed by atoms with E-state index in [1.165, 1.54) is 0 Å². The lowest BCUT2D eigenvalue weighted by Gasteiger charge is -2.06. The van der Waals surface area contributed by atoms with Crippen LogP contribution in [-0.4, -0.2) is 4.99 Å². The van der Waals surface area contributed by atoms with E-state index in [1.807, 2.05) is 24.3 Å². The molecule has 0 unspecified atom stereocenters. The van der Waals surface area contributed by atoms with Gasteiger partial charge in [0.15, 0.2) is 0 Å². The molecule has 1 aromatic rings. The van der Waals surface area contributed by atoms with Crippen LogP contribution in [0, 0.1) is 0 Å². The molecule has 0 spiro atoms. The molecule has 0 amide bonds. The number of nitrogens with one attached hydrogen (secondary N) is 1. The van der Waals surface area contributed by atoms with E-state index in [2.05, 4.69) is 12.2 Å². The molecule has 0 saturated carbocycles. The van der Waals surface area contributed by atoms with Gasteiger partial charge in [0.1, 0.15) is 0 Å². The van der Waals surface area contributed by atoms with Gasteiger partial charge in [-0.05, 0) is 37.1 Å². The van der Waals surface area contributed by atoms with E-state index in [0.29, 0.717) is 0 Å². The number of rotatable bonds is 3. The van der Waals surface area contributed by atoms with Crippen molar-refractivity contribution in [3.8, 4) is 0 Å². The zero-order chi connectivity index (χ0) is 9.68. The number of hydrogen-bond acceptors (Lipinski definition) is 1. The van der Waals surface area contributed by atoms with Gasteiger partial charge in [-0.1, -0.05) is 30.7 Å². The first-order valence-corrected chi connectivity index (χ1v) is 5.06. The van der Waals surface area contributed by atoms with Crippen molar-refractivity contribution in [2.24, 2.45) is 0 Å². The quantitative estimate of drug-likeness (QED) is 0.765. The lowest BCUT2D eigenvalue weighted by atomic mass is 10.3. The highest BCUT2D eigenvalue weighted by molar-refractivity contribution is 7.80. The first-order valence-electron chi connectivity index (χ1n) is 4.28. The molecule has 1 rings (SSSR count). The highest BCUT2D eigenvalue weighted by atomic mass is 35.5. The average Bonchev–Trinajstić information content (AvgIpc) is 2.09. The van der Waals surface area contributed by atoms with Gasteiger partial charge in [-0.3, -0.25) is 0 Å². The van der Waals surface area contributed by atoms with Crippen LogP contribution in [0.3, 0.4) is 0 Å². The molecule has 1 N–H and O–H groups in total. The third-order valence-corrected chi connectivity index (χ3v) is 2.16. The number of benzene rings is 1. The van der Waals surface area contributed by atoms with Gasteiger partial charge >= 0.3 is 0 Å². The zero-order valence-corrected chi connectivity index (χ0v) is 9.08. The smallest absolute Gasteiger partial charge is 0.0797 e. The fourth-order valence-electron chi connectivity index (χ4n) is 0.984. The summed E-state index contributed by atoms with van der Waals surface area (Å²) in [6, 6.07) is 7.53. The predicted molar refractivity (Wildman–Crippen MR) is 62.6 cm³/mol. The van der Waals surface area contributed by atoms with Gasteiger partial charge in [0.05, 0.1) is 4.99 Å². The summed E-state index contributed by atoms with van der Waals surface area (Å²) in [6.45, 7) is 2.11. The van der Waals surface area contributed by atoms with Crippen molar-refractivity contribution < 1.29 is 0 Å². The van der Waals surface area contributed by atoms with E-state index in [0.717, 1.165) is 28.5 Å². The van der Waals surface area contributed by atoms with E-state index >= 15 is 0 Å². The summed E-state index contributed by atoms with van der Waals surface area (Å²) in [4.78, 5) is 0.879. The average molecular weight is 214 g/mol. The molecule has 0 radical (unpaired) electrons. The Hall–Kier alpha value is -0.600. The zero-order valence-electron chi connectivity index (χ0n) is 7.51. The fourth-order valence-corrected chi connectivity index (χ4v) is 1.43. The van der Waals surface area contributed by atoms with Crippen LogP contribution >= 0.6 is 23.8 Å². The van der Waals surface area contributed by atoms with Crippen molar-refractivity contribution in [2.45, 2.75) is 19.8 Å². The maximum absolute atomic E-state index is 5.75. The van der Waals surface area contributed by atoms with Crippen LogP contribution in [0.1, 0.15) is 19.8 Å². The molecule has 0 fully saturated rings. The van der Waals surface area contributed by atoms with E-state index in [-0.39, 0.29) is 0 Å². The first kappa shape index (κ1) is 10.5. The molecule has 0 aliphatic heterocycles. The molecule has 1 nitrogen and oxygen atoms in total. The molecule has 1 aromatic carbocycles. The molecule has 70 valence electrons.